The van der Waals surface area contributed by atoms with E-state index in [1.165, 1.54) is 6.42 Å². The Hall–Kier alpha value is -0.770. The maximum Gasteiger partial charge on any atom is 0.319 e. The van der Waals surface area contributed by atoms with Crippen LogP contribution in [0.15, 0.2) is 0 Å². The van der Waals surface area contributed by atoms with Gasteiger partial charge < -0.3 is 15.1 Å². The van der Waals surface area contributed by atoms with E-state index >= 15 is 0 Å². The summed E-state index contributed by atoms with van der Waals surface area (Å²) < 4.78 is 0. The van der Waals surface area contributed by atoms with Crippen molar-refractivity contribution in [3.05, 3.63) is 0 Å². The highest BCUT2D eigenvalue weighted by Gasteiger charge is 2.24. The van der Waals surface area contributed by atoms with Crippen LogP contribution in [-0.4, -0.2) is 56.1 Å². The third kappa shape index (κ3) is 3.38. The summed E-state index contributed by atoms with van der Waals surface area (Å²) in [5.41, 5.74) is 0. The molecular formula is C11H23N3O. The number of nitrogens with zero attached hydrogens (tertiary/aromatic N) is 2. The Bertz CT molecular complexity index is 206. The van der Waals surface area contributed by atoms with Gasteiger partial charge in [0, 0.05) is 26.7 Å². The van der Waals surface area contributed by atoms with Gasteiger partial charge in [-0.25, -0.2) is 4.79 Å². The monoisotopic (exact) mass is 213 g/mol. The first-order chi connectivity index (χ1) is 7.19. The largest absolute Gasteiger partial charge is 0.328 e. The molecule has 4 nitrogen and oxygen atoms in total. The fraction of sp³-hybridized carbons (Fsp3) is 0.909. The Balaban J connectivity index is 2.44. The van der Waals surface area contributed by atoms with Crippen molar-refractivity contribution in [3.8, 4) is 0 Å². The Labute approximate surface area is 92.6 Å². The number of amides is 2. The first kappa shape index (κ1) is 12.3. The minimum Gasteiger partial charge on any atom is -0.328 e. The van der Waals surface area contributed by atoms with Crippen molar-refractivity contribution in [2.24, 2.45) is 5.92 Å². The smallest absolute Gasteiger partial charge is 0.319 e. The van der Waals surface area contributed by atoms with Crippen LogP contribution in [-0.2, 0) is 0 Å². The average Bonchev–Trinajstić information content (AvgIpc) is 2.28. The van der Waals surface area contributed by atoms with Gasteiger partial charge in [0.25, 0.3) is 0 Å². The van der Waals surface area contributed by atoms with Gasteiger partial charge in [0.15, 0.2) is 0 Å². The second kappa shape index (κ2) is 5.95. The fourth-order valence-electron chi connectivity index (χ4n) is 2.07. The summed E-state index contributed by atoms with van der Waals surface area (Å²) >= 11 is 0. The van der Waals surface area contributed by atoms with E-state index in [1.54, 1.807) is 4.90 Å². The number of hydrogen-bond donors (Lipinski definition) is 1. The predicted octanol–water partition coefficient (Wildman–Crippen LogP) is 0.989. The molecule has 0 aliphatic carbocycles. The van der Waals surface area contributed by atoms with Gasteiger partial charge in [-0.05, 0) is 39.3 Å². The topological polar surface area (TPSA) is 35.6 Å². The molecule has 1 N–H and O–H groups in total. The molecule has 0 aromatic carbocycles. The lowest BCUT2D eigenvalue weighted by atomic mass is 9.98. The maximum atomic E-state index is 11.9. The molecule has 88 valence electrons. The number of carbonyl (C=O) groups excluding carboxylic acids is 1. The Kier molecular flexibility index (Phi) is 4.88. The van der Waals surface area contributed by atoms with E-state index in [4.69, 9.17) is 0 Å². The summed E-state index contributed by atoms with van der Waals surface area (Å²) in [6.45, 7) is 5.63. The van der Waals surface area contributed by atoms with Crippen LogP contribution in [0.2, 0.25) is 0 Å². The van der Waals surface area contributed by atoms with Crippen molar-refractivity contribution in [1.29, 1.82) is 0 Å². The summed E-state index contributed by atoms with van der Waals surface area (Å²) in [5.74, 6) is 0.623. The van der Waals surface area contributed by atoms with E-state index in [1.807, 2.05) is 25.9 Å². The van der Waals surface area contributed by atoms with E-state index in [9.17, 15) is 4.79 Å². The fourth-order valence-corrected chi connectivity index (χ4v) is 2.07. The molecule has 0 bridgehead atoms. The van der Waals surface area contributed by atoms with Gasteiger partial charge in [-0.3, -0.25) is 0 Å². The van der Waals surface area contributed by atoms with Crippen molar-refractivity contribution < 1.29 is 4.79 Å². The van der Waals surface area contributed by atoms with Gasteiger partial charge in [0.1, 0.15) is 0 Å². The summed E-state index contributed by atoms with van der Waals surface area (Å²) in [6.07, 6.45) is 2.37. The van der Waals surface area contributed by atoms with Crippen LogP contribution in [0.3, 0.4) is 0 Å². The summed E-state index contributed by atoms with van der Waals surface area (Å²) in [4.78, 5) is 15.7. The molecule has 1 heterocycles. The first-order valence-corrected chi connectivity index (χ1v) is 5.83. The number of urea groups is 1. The number of rotatable bonds is 3. The van der Waals surface area contributed by atoms with Crippen LogP contribution < -0.4 is 5.32 Å². The van der Waals surface area contributed by atoms with Gasteiger partial charge >= 0.3 is 6.03 Å². The van der Waals surface area contributed by atoms with Gasteiger partial charge in [-0.1, -0.05) is 0 Å². The molecule has 0 radical (unpaired) electrons. The van der Waals surface area contributed by atoms with E-state index in [2.05, 4.69) is 5.32 Å². The molecule has 0 aromatic rings. The summed E-state index contributed by atoms with van der Waals surface area (Å²) in [7, 11) is 3.84. The highest BCUT2D eigenvalue weighted by molar-refractivity contribution is 5.74. The second-order valence-electron chi connectivity index (χ2n) is 4.31. The molecule has 1 rings (SSSR count). The van der Waals surface area contributed by atoms with Crippen LogP contribution in [0.25, 0.3) is 0 Å². The number of likely N-dealkylation sites (tertiary alicyclic amines) is 1. The zero-order valence-corrected chi connectivity index (χ0v) is 10.1. The highest BCUT2D eigenvalue weighted by atomic mass is 16.2. The molecule has 1 fully saturated rings. The van der Waals surface area contributed by atoms with E-state index in [-0.39, 0.29) is 6.03 Å². The third-order valence-corrected chi connectivity index (χ3v) is 3.08. The van der Waals surface area contributed by atoms with E-state index in [0.717, 1.165) is 32.6 Å². The molecule has 2 amide bonds. The van der Waals surface area contributed by atoms with Crippen LogP contribution >= 0.6 is 0 Å². The van der Waals surface area contributed by atoms with Crippen molar-refractivity contribution in [2.75, 3.05) is 40.3 Å². The lowest BCUT2D eigenvalue weighted by Crippen LogP contribution is -2.47. The molecule has 0 saturated carbocycles. The van der Waals surface area contributed by atoms with Gasteiger partial charge in [-0.2, -0.15) is 0 Å². The van der Waals surface area contributed by atoms with E-state index in [0.29, 0.717) is 5.92 Å². The van der Waals surface area contributed by atoms with Crippen molar-refractivity contribution in [1.82, 2.24) is 15.1 Å². The maximum absolute atomic E-state index is 11.9. The Morgan fingerprint density at radius 3 is 2.93 bits per heavy atom. The van der Waals surface area contributed by atoms with Crippen LogP contribution in [0.4, 0.5) is 4.79 Å². The summed E-state index contributed by atoms with van der Waals surface area (Å²) in [5, 5.41) is 3.19. The average molecular weight is 213 g/mol. The van der Waals surface area contributed by atoms with Crippen molar-refractivity contribution in [3.63, 3.8) is 0 Å². The van der Waals surface area contributed by atoms with Crippen molar-refractivity contribution in [2.45, 2.75) is 19.8 Å². The molecule has 1 unspecified atom stereocenters. The molecule has 1 aliphatic heterocycles. The minimum atomic E-state index is 0.179. The number of hydrogen-bond acceptors (Lipinski definition) is 2. The Morgan fingerprint density at radius 1 is 1.60 bits per heavy atom. The third-order valence-electron chi connectivity index (χ3n) is 3.08. The molecule has 1 aliphatic rings. The predicted molar refractivity (Wildman–Crippen MR) is 61.9 cm³/mol. The quantitative estimate of drug-likeness (QED) is 0.759. The van der Waals surface area contributed by atoms with Gasteiger partial charge in [0.05, 0.1) is 0 Å². The second-order valence-corrected chi connectivity index (χ2v) is 4.31. The molecule has 15 heavy (non-hydrogen) atoms. The standard InChI is InChI=1S/C11H23N3O/c1-4-13(3)11(15)14-7-5-6-10(9-14)8-12-2/h10,12H,4-9H2,1-3H3. The van der Waals surface area contributed by atoms with E-state index < -0.39 is 0 Å². The Morgan fingerprint density at radius 2 is 2.33 bits per heavy atom. The molecule has 1 atom stereocenters. The molecular weight excluding hydrogens is 190 g/mol. The number of nitrogens with one attached hydrogen (secondary N) is 1. The van der Waals surface area contributed by atoms with Gasteiger partial charge in [0.2, 0.25) is 0 Å². The molecule has 0 aromatic heterocycles. The van der Waals surface area contributed by atoms with Crippen LogP contribution in [0.5, 0.6) is 0 Å². The summed E-state index contributed by atoms with van der Waals surface area (Å²) in [6, 6.07) is 0.179. The van der Waals surface area contributed by atoms with Crippen LogP contribution in [0, 0.1) is 5.92 Å². The number of carbonyl (C=O) groups is 1. The van der Waals surface area contributed by atoms with Crippen molar-refractivity contribution >= 4 is 6.03 Å². The molecule has 0 spiro atoms. The zero-order valence-electron chi connectivity index (χ0n) is 10.1. The normalized spacial score (nSPS) is 21.5. The minimum absolute atomic E-state index is 0.179. The SMILES string of the molecule is CCN(C)C(=O)N1CCCC(CNC)C1. The lowest BCUT2D eigenvalue weighted by Gasteiger charge is -2.35. The highest BCUT2D eigenvalue weighted by Crippen LogP contribution is 2.16. The first-order valence-electron chi connectivity index (χ1n) is 5.83. The molecule has 1 saturated heterocycles. The zero-order chi connectivity index (χ0) is 11.3. The molecule has 4 heteroatoms. The van der Waals surface area contributed by atoms with Crippen LogP contribution in [0.1, 0.15) is 19.8 Å². The number of piperidine rings is 1. The van der Waals surface area contributed by atoms with Gasteiger partial charge in [-0.15, -0.1) is 0 Å². The lowest BCUT2D eigenvalue weighted by molar-refractivity contribution is 0.137.